The molecule has 4 heteroatoms. The topological polar surface area (TPSA) is 52.0 Å². The molecule has 0 amide bonds. The van der Waals surface area contributed by atoms with Gasteiger partial charge in [0, 0.05) is 0 Å². The molecule has 0 unspecified atom stereocenters. The number of hydrogen-bond acceptors (Lipinski definition) is 3. The maximum atomic E-state index is 5.63. The largest absolute Gasteiger partial charge is 0.442 e. The molecule has 0 aliphatic rings. The van der Waals surface area contributed by atoms with Crippen LogP contribution in [0.2, 0.25) is 0 Å². The van der Waals surface area contributed by atoms with Gasteiger partial charge in [-0.3, -0.25) is 0 Å². The molecule has 0 aliphatic carbocycles. The van der Waals surface area contributed by atoms with Gasteiger partial charge in [-0.15, -0.1) is 0 Å². The van der Waals surface area contributed by atoms with Crippen molar-refractivity contribution in [2.45, 2.75) is 0 Å². The van der Waals surface area contributed by atoms with Crippen molar-refractivity contribution in [2.24, 2.45) is 0 Å². The highest BCUT2D eigenvalue weighted by atomic mass is 79.9. The second-order valence-electron chi connectivity index (χ2n) is 2.17. The molecule has 56 valence electrons. The number of halogens is 1. The van der Waals surface area contributed by atoms with E-state index in [1.54, 1.807) is 6.07 Å². The third-order valence-electron chi connectivity index (χ3n) is 1.47. The zero-order valence-corrected chi connectivity index (χ0v) is 7.13. The molecule has 2 rings (SSSR count). The van der Waals surface area contributed by atoms with Crippen molar-refractivity contribution < 1.29 is 4.42 Å². The lowest BCUT2D eigenvalue weighted by Gasteiger charge is -1.93. The molecule has 0 aliphatic heterocycles. The molecular weight excluding hydrogens is 208 g/mol. The van der Waals surface area contributed by atoms with Crippen LogP contribution in [0, 0.1) is 0 Å². The Hall–Kier alpha value is -1.03. The van der Waals surface area contributed by atoms with Gasteiger partial charge in [-0.2, -0.15) is 0 Å². The summed E-state index contributed by atoms with van der Waals surface area (Å²) in [7, 11) is 0. The molecule has 1 aromatic heterocycles. The second kappa shape index (κ2) is 2.23. The maximum absolute atomic E-state index is 5.63. The number of anilines is 1. The van der Waals surface area contributed by atoms with Gasteiger partial charge < -0.3 is 10.2 Å². The SMILES string of the molecule is Nc1ccc(Br)c2ocnc12. The minimum atomic E-state index is 0.636. The number of oxazole rings is 1. The van der Waals surface area contributed by atoms with Gasteiger partial charge in [0.05, 0.1) is 10.2 Å². The molecule has 1 aromatic carbocycles. The Morgan fingerprint density at radius 1 is 1.45 bits per heavy atom. The summed E-state index contributed by atoms with van der Waals surface area (Å²) in [4.78, 5) is 3.96. The van der Waals surface area contributed by atoms with E-state index < -0.39 is 0 Å². The quantitative estimate of drug-likeness (QED) is 0.682. The molecule has 0 spiro atoms. The van der Waals surface area contributed by atoms with Crippen molar-refractivity contribution >= 4 is 32.7 Å². The van der Waals surface area contributed by atoms with Gasteiger partial charge in [-0.05, 0) is 28.1 Å². The number of fused-ring (bicyclic) bond motifs is 1. The Labute approximate surface area is 71.3 Å². The molecule has 0 saturated heterocycles. The van der Waals surface area contributed by atoms with Crippen LogP contribution in [0.25, 0.3) is 11.1 Å². The zero-order valence-electron chi connectivity index (χ0n) is 5.54. The van der Waals surface area contributed by atoms with Crippen LogP contribution in [0.1, 0.15) is 0 Å². The van der Waals surface area contributed by atoms with E-state index in [2.05, 4.69) is 20.9 Å². The summed E-state index contributed by atoms with van der Waals surface area (Å²) in [5, 5.41) is 0. The third-order valence-corrected chi connectivity index (χ3v) is 2.09. The standard InChI is InChI=1S/C7H5BrN2O/c8-4-1-2-5(9)6-7(4)11-3-10-6/h1-3H,9H2. The maximum Gasteiger partial charge on any atom is 0.182 e. The summed E-state index contributed by atoms with van der Waals surface area (Å²) in [6.45, 7) is 0. The van der Waals surface area contributed by atoms with Gasteiger partial charge in [0.2, 0.25) is 0 Å². The van der Waals surface area contributed by atoms with Crippen LogP contribution in [-0.2, 0) is 0 Å². The normalized spacial score (nSPS) is 10.6. The summed E-state index contributed by atoms with van der Waals surface area (Å²) >= 11 is 3.32. The van der Waals surface area contributed by atoms with Crippen LogP contribution >= 0.6 is 15.9 Å². The minimum absolute atomic E-state index is 0.636. The number of rotatable bonds is 0. The van der Waals surface area contributed by atoms with E-state index in [0.717, 1.165) is 4.47 Å². The van der Waals surface area contributed by atoms with Gasteiger partial charge in [0.15, 0.2) is 12.0 Å². The van der Waals surface area contributed by atoms with Gasteiger partial charge in [0.25, 0.3) is 0 Å². The fourth-order valence-corrected chi connectivity index (χ4v) is 1.35. The highest BCUT2D eigenvalue weighted by Crippen LogP contribution is 2.26. The van der Waals surface area contributed by atoms with Crippen molar-refractivity contribution in [3.05, 3.63) is 23.0 Å². The summed E-state index contributed by atoms with van der Waals surface area (Å²) in [5.74, 6) is 0. The molecule has 3 nitrogen and oxygen atoms in total. The molecule has 1 heterocycles. The van der Waals surface area contributed by atoms with Gasteiger partial charge in [-0.25, -0.2) is 4.98 Å². The van der Waals surface area contributed by atoms with Crippen molar-refractivity contribution in [3.8, 4) is 0 Å². The number of nitrogen functional groups attached to an aromatic ring is 1. The van der Waals surface area contributed by atoms with Crippen molar-refractivity contribution in [1.82, 2.24) is 4.98 Å². The van der Waals surface area contributed by atoms with E-state index in [0.29, 0.717) is 16.8 Å². The van der Waals surface area contributed by atoms with Gasteiger partial charge in [-0.1, -0.05) is 0 Å². The Morgan fingerprint density at radius 2 is 2.27 bits per heavy atom. The van der Waals surface area contributed by atoms with E-state index in [4.69, 9.17) is 10.2 Å². The second-order valence-corrected chi connectivity index (χ2v) is 3.02. The number of nitrogens with zero attached hydrogens (tertiary/aromatic N) is 1. The average Bonchev–Trinajstić information content (AvgIpc) is 2.45. The molecule has 0 atom stereocenters. The fraction of sp³-hybridized carbons (Fsp3) is 0. The number of nitrogens with two attached hydrogens (primary N) is 1. The highest BCUT2D eigenvalue weighted by Gasteiger charge is 2.05. The summed E-state index contributed by atoms with van der Waals surface area (Å²) in [5.41, 5.74) is 7.67. The van der Waals surface area contributed by atoms with Crippen LogP contribution in [0.15, 0.2) is 27.4 Å². The zero-order chi connectivity index (χ0) is 7.84. The van der Waals surface area contributed by atoms with Crippen molar-refractivity contribution in [1.29, 1.82) is 0 Å². The average molecular weight is 213 g/mol. The predicted molar refractivity (Wildman–Crippen MR) is 46.1 cm³/mol. The summed E-state index contributed by atoms with van der Waals surface area (Å²) < 4.78 is 5.97. The first-order valence-electron chi connectivity index (χ1n) is 3.06. The van der Waals surface area contributed by atoms with E-state index in [9.17, 15) is 0 Å². The molecular formula is C7H5BrN2O. The third kappa shape index (κ3) is 0.903. The molecule has 2 N–H and O–H groups in total. The van der Waals surface area contributed by atoms with Crippen LogP contribution in [0.5, 0.6) is 0 Å². The number of aromatic nitrogens is 1. The van der Waals surface area contributed by atoms with Crippen LogP contribution in [0.4, 0.5) is 5.69 Å². The van der Waals surface area contributed by atoms with E-state index in [-0.39, 0.29) is 0 Å². The van der Waals surface area contributed by atoms with E-state index in [1.165, 1.54) is 6.39 Å². The molecule has 0 fully saturated rings. The Balaban J connectivity index is 2.96. The number of benzene rings is 1. The first-order valence-corrected chi connectivity index (χ1v) is 3.85. The Bertz CT molecular complexity index is 360. The van der Waals surface area contributed by atoms with E-state index in [1.807, 2.05) is 6.07 Å². The lowest BCUT2D eigenvalue weighted by Crippen LogP contribution is -1.85. The lowest BCUT2D eigenvalue weighted by molar-refractivity contribution is 0.600. The minimum Gasteiger partial charge on any atom is -0.442 e. The Morgan fingerprint density at radius 3 is 3.00 bits per heavy atom. The first-order chi connectivity index (χ1) is 5.29. The molecule has 11 heavy (non-hydrogen) atoms. The highest BCUT2D eigenvalue weighted by molar-refractivity contribution is 9.10. The first kappa shape index (κ1) is 6.67. The Kier molecular flexibility index (Phi) is 1.35. The number of hydrogen-bond donors (Lipinski definition) is 1. The molecule has 0 saturated carbocycles. The van der Waals surface area contributed by atoms with Crippen LogP contribution in [-0.4, -0.2) is 4.98 Å². The molecule has 2 aromatic rings. The smallest absolute Gasteiger partial charge is 0.182 e. The molecule has 0 radical (unpaired) electrons. The van der Waals surface area contributed by atoms with Crippen molar-refractivity contribution in [2.75, 3.05) is 5.73 Å². The van der Waals surface area contributed by atoms with Gasteiger partial charge >= 0.3 is 0 Å². The monoisotopic (exact) mass is 212 g/mol. The van der Waals surface area contributed by atoms with Crippen molar-refractivity contribution in [3.63, 3.8) is 0 Å². The lowest BCUT2D eigenvalue weighted by atomic mass is 10.3. The van der Waals surface area contributed by atoms with Crippen LogP contribution in [0.3, 0.4) is 0 Å². The van der Waals surface area contributed by atoms with Gasteiger partial charge in [0.1, 0.15) is 5.52 Å². The summed E-state index contributed by atoms with van der Waals surface area (Å²) in [6, 6.07) is 3.62. The van der Waals surface area contributed by atoms with E-state index >= 15 is 0 Å². The fourth-order valence-electron chi connectivity index (χ4n) is 0.939. The summed E-state index contributed by atoms with van der Waals surface area (Å²) in [6.07, 6.45) is 1.38. The predicted octanol–water partition coefficient (Wildman–Crippen LogP) is 2.17. The molecule has 0 bridgehead atoms. The van der Waals surface area contributed by atoms with Crippen LogP contribution < -0.4 is 5.73 Å².